The summed E-state index contributed by atoms with van der Waals surface area (Å²) in [4.78, 5) is 40.0. The smallest absolute Gasteiger partial charge is 0.340 e. The summed E-state index contributed by atoms with van der Waals surface area (Å²) < 4.78 is 13.0. The highest BCUT2D eigenvalue weighted by atomic mass is 16.6. The fraction of sp³-hybridized carbons (Fsp3) is 0.649. The Balaban J connectivity index is 1.55. The zero-order valence-electron chi connectivity index (χ0n) is 27.7. The summed E-state index contributed by atoms with van der Waals surface area (Å²) in [7, 11) is 0. The number of carbonyl (C=O) groups is 2. The molecule has 1 aromatic heterocycles. The third kappa shape index (κ3) is 8.44. The minimum atomic E-state index is -1.32. The van der Waals surface area contributed by atoms with Crippen LogP contribution in [0.15, 0.2) is 47.4 Å². The molecule has 1 aliphatic carbocycles. The van der Waals surface area contributed by atoms with Crippen LogP contribution in [0.2, 0.25) is 0 Å². The van der Waals surface area contributed by atoms with E-state index in [2.05, 4.69) is 12.2 Å². The number of benzene rings is 1. The van der Waals surface area contributed by atoms with Crippen molar-refractivity contribution < 1.29 is 24.2 Å². The Morgan fingerprint density at radius 3 is 2.38 bits per heavy atom. The molecule has 0 bridgehead atoms. The summed E-state index contributed by atoms with van der Waals surface area (Å²) in [5.41, 5.74) is -0.861. The van der Waals surface area contributed by atoms with Crippen molar-refractivity contribution in [3.05, 3.63) is 58.5 Å². The second-order valence-electron chi connectivity index (χ2n) is 13.2. The number of pyridine rings is 1. The number of aliphatic hydroxyl groups is 1. The zero-order valence-corrected chi connectivity index (χ0v) is 27.7. The van der Waals surface area contributed by atoms with E-state index in [1.54, 1.807) is 6.92 Å². The largest absolute Gasteiger partial charge is 0.462 e. The van der Waals surface area contributed by atoms with Crippen molar-refractivity contribution >= 4 is 11.9 Å². The lowest BCUT2D eigenvalue weighted by Gasteiger charge is -2.56. The second-order valence-corrected chi connectivity index (χ2v) is 13.2. The maximum absolute atomic E-state index is 13.6. The molecule has 45 heavy (non-hydrogen) atoms. The predicted octanol–water partition coefficient (Wildman–Crippen LogP) is 7.01. The number of nitrogens with zero attached hydrogens (tertiary/aromatic N) is 1. The first kappa shape index (κ1) is 34.9. The Labute approximate surface area is 268 Å². The summed E-state index contributed by atoms with van der Waals surface area (Å²) >= 11 is 0. The third-order valence-electron chi connectivity index (χ3n) is 10.1. The van der Waals surface area contributed by atoms with Gasteiger partial charge >= 0.3 is 11.9 Å². The van der Waals surface area contributed by atoms with Gasteiger partial charge in [-0.1, -0.05) is 108 Å². The molecule has 2 aliphatic rings. The first-order chi connectivity index (χ1) is 21.7. The van der Waals surface area contributed by atoms with Gasteiger partial charge in [-0.25, -0.2) is 4.79 Å². The van der Waals surface area contributed by atoms with Crippen LogP contribution in [-0.2, 0) is 20.8 Å². The number of nitrogens with one attached hydrogen (secondary N) is 1. The summed E-state index contributed by atoms with van der Waals surface area (Å²) in [5, 5.41) is 15.9. The standard InChI is InChI=1S/C37H54N2O6/c1-4-6-7-8-9-10-13-18-28(3)33(41)45-35-36(21-16-12-17-22-36)37(43,23-24-38-35)27-39-26-31(34(42)44-5-2)30(25-32(39)40)29-19-14-11-15-20-29/h11,14-15,19-20,25-26,28,35,38,43H,4-10,12-13,16-18,21-24,27H2,1-3H3. The number of unbranched alkanes of at least 4 members (excludes halogenated alkanes) is 6. The third-order valence-corrected chi connectivity index (χ3v) is 10.1. The molecule has 3 atom stereocenters. The molecule has 8 heteroatoms. The van der Waals surface area contributed by atoms with Crippen molar-refractivity contribution in [2.75, 3.05) is 13.2 Å². The molecule has 2 fully saturated rings. The Morgan fingerprint density at radius 2 is 1.69 bits per heavy atom. The van der Waals surface area contributed by atoms with E-state index >= 15 is 0 Å². The number of ether oxygens (including phenoxy) is 2. The minimum Gasteiger partial charge on any atom is -0.462 e. The van der Waals surface area contributed by atoms with Gasteiger partial charge in [0.15, 0.2) is 6.23 Å². The van der Waals surface area contributed by atoms with Crippen molar-refractivity contribution in [3.8, 4) is 11.1 Å². The first-order valence-electron chi connectivity index (χ1n) is 17.4. The quantitative estimate of drug-likeness (QED) is 0.163. The van der Waals surface area contributed by atoms with Crippen LogP contribution < -0.4 is 10.9 Å². The van der Waals surface area contributed by atoms with Gasteiger partial charge in [0.2, 0.25) is 0 Å². The molecule has 1 aliphatic heterocycles. The van der Waals surface area contributed by atoms with E-state index in [1.807, 2.05) is 37.3 Å². The summed E-state index contributed by atoms with van der Waals surface area (Å²) in [6.45, 7) is 6.55. The fourth-order valence-electron chi connectivity index (χ4n) is 7.36. The summed E-state index contributed by atoms with van der Waals surface area (Å²) in [6, 6.07) is 10.8. The molecule has 1 saturated carbocycles. The Bertz CT molecular complexity index is 1300. The number of piperidine rings is 1. The topological polar surface area (TPSA) is 107 Å². The van der Waals surface area contributed by atoms with Crippen molar-refractivity contribution in [2.45, 2.75) is 129 Å². The van der Waals surface area contributed by atoms with E-state index in [-0.39, 0.29) is 36.2 Å². The van der Waals surface area contributed by atoms with Gasteiger partial charge in [-0.15, -0.1) is 0 Å². The molecule has 3 unspecified atom stereocenters. The average molecular weight is 623 g/mol. The normalized spacial score (nSPS) is 21.7. The molecule has 248 valence electrons. The minimum absolute atomic E-state index is 0.00335. The maximum Gasteiger partial charge on any atom is 0.340 e. The van der Waals surface area contributed by atoms with E-state index in [4.69, 9.17) is 9.47 Å². The van der Waals surface area contributed by atoms with E-state index in [0.29, 0.717) is 31.4 Å². The zero-order chi connectivity index (χ0) is 32.3. The van der Waals surface area contributed by atoms with Gasteiger partial charge in [0.25, 0.3) is 5.56 Å². The van der Waals surface area contributed by atoms with Gasteiger partial charge in [-0.05, 0) is 38.2 Å². The number of hydrogen-bond acceptors (Lipinski definition) is 7. The number of aromatic nitrogens is 1. The van der Waals surface area contributed by atoms with E-state index in [0.717, 1.165) is 44.1 Å². The van der Waals surface area contributed by atoms with Crippen molar-refractivity contribution in [3.63, 3.8) is 0 Å². The molecule has 0 amide bonds. The molecule has 1 aromatic carbocycles. The molecule has 2 aromatic rings. The molecule has 1 spiro atoms. The molecular weight excluding hydrogens is 568 g/mol. The van der Waals surface area contributed by atoms with Gasteiger partial charge in [-0.2, -0.15) is 0 Å². The highest BCUT2D eigenvalue weighted by Crippen LogP contribution is 2.52. The van der Waals surface area contributed by atoms with Crippen molar-refractivity contribution in [2.24, 2.45) is 11.3 Å². The Hall–Kier alpha value is -2.97. The van der Waals surface area contributed by atoms with E-state index in [1.165, 1.54) is 48.9 Å². The highest BCUT2D eigenvalue weighted by molar-refractivity contribution is 5.96. The van der Waals surface area contributed by atoms with Gasteiger partial charge in [0, 0.05) is 24.4 Å². The van der Waals surface area contributed by atoms with Crippen LogP contribution in [0.4, 0.5) is 0 Å². The van der Waals surface area contributed by atoms with Gasteiger partial charge < -0.3 is 19.1 Å². The average Bonchev–Trinajstić information content (AvgIpc) is 3.04. The van der Waals surface area contributed by atoms with Crippen LogP contribution >= 0.6 is 0 Å². The molecule has 2 heterocycles. The second kappa shape index (κ2) is 16.5. The summed E-state index contributed by atoms with van der Waals surface area (Å²) in [6.07, 6.45) is 14.7. The number of esters is 2. The van der Waals surface area contributed by atoms with Crippen LogP contribution in [0, 0.1) is 11.3 Å². The molecule has 1 saturated heterocycles. The molecule has 2 N–H and O–H groups in total. The van der Waals surface area contributed by atoms with Crippen LogP contribution in [0.3, 0.4) is 0 Å². The van der Waals surface area contributed by atoms with Crippen LogP contribution in [-0.4, -0.2) is 46.6 Å². The van der Waals surface area contributed by atoms with Crippen LogP contribution in [0.1, 0.15) is 121 Å². The SMILES string of the molecule is CCCCCCCCCC(C)C(=O)OC1NCCC(O)(Cn2cc(C(=O)OCC)c(-c3ccccc3)cc2=O)C12CCCCC2. The monoisotopic (exact) mass is 622 g/mol. The van der Waals surface area contributed by atoms with Gasteiger partial charge in [-0.3, -0.25) is 14.9 Å². The first-order valence-corrected chi connectivity index (χ1v) is 17.4. The fourth-order valence-corrected chi connectivity index (χ4v) is 7.36. The van der Waals surface area contributed by atoms with E-state index in [9.17, 15) is 19.5 Å². The number of rotatable bonds is 15. The lowest BCUT2D eigenvalue weighted by Crippen LogP contribution is -2.68. The summed E-state index contributed by atoms with van der Waals surface area (Å²) in [5.74, 6) is -0.975. The number of carbonyl (C=O) groups excluding carboxylic acids is 2. The molecule has 4 rings (SSSR count). The predicted molar refractivity (Wildman–Crippen MR) is 177 cm³/mol. The maximum atomic E-state index is 13.6. The van der Waals surface area contributed by atoms with E-state index < -0.39 is 23.2 Å². The lowest BCUT2D eigenvalue weighted by atomic mass is 9.59. The lowest BCUT2D eigenvalue weighted by molar-refractivity contribution is -0.218. The Morgan fingerprint density at radius 1 is 1.00 bits per heavy atom. The Kier molecular flexibility index (Phi) is 12.8. The van der Waals surface area contributed by atoms with Crippen LogP contribution in [0.25, 0.3) is 11.1 Å². The number of hydrogen-bond donors (Lipinski definition) is 2. The van der Waals surface area contributed by atoms with Crippen molar-refractivity contribution in [1.82, 2.24) is 9.88 Å². The van der Waals surface area contributed by atoms with Gasteiger partial charge in [0.05, 0.1) is 35.6 Å². The van der Waals surface area contributed by atoms with Crippen LogP contribution in [0.5, 0.6) is 0 Å². The van der Waals surface area contributed by atoms with Crippen molar-refractivity contribution in [1.29, 1.82) is 0 Å². The van der Waals surface area contributed by atoms with Gasteiger partial charge in [0.1, 0.15) is 0 Å². The molecule has 8 nitrogen and oxygen atoms in total. The molecular formula is C37H54N2O6. The highest BCUT2D eigenvalue weighted by Gasteiger charge is 2.59. The molecule has 0 radical (unpaired) electrons.